The van der Waals surface area contributed by atoms with Gasteiger partial charge in [-0.05, 0) is 46.4 Å². The van der Waals surface area contributed by atoms with Gasteiger partial charge in [-0.15, -0.1) is 0 Å². The van der Waals surface area contributed by atoms with Gasteiger partial charge in [0.2, 0.25) is 0 Å². The number of fused-ring (bicyclic) bond motifs is 3. The molecular formula is C25H21Cl2NO4. The molecule has 164 valence electrons. The molecule has 0 heterocycles. The molecule has 0 aromatic heterocycles. The smallest absolute Gasteiger partial charge is 0.407 e. The molecule has 32 heavy (non-hydrogen) atoms. The number of rotatable bonds is 7. The third-order valence-electron chi connectivity index (χ3n) is 5.65. The lowest BCUT2D eigenvalue weighted by Crippen LogP contribution is -2.35. The lowest BCUT2D eigenvalue weighted by Gasteiger charge is -2.16. The fourth-order valence-corrected chi connectivity index (χ4v) is 4.37. The van der Waals surface area contributed by atoms with Crippen molar-refractivity contribution in [1.29, 1.82) is 0 Å². The number of hydrogen-bond acceptors (Lipinski definition) is 3. The van der Waals surface area contributed by atoms with Crippen molar-refractivity contribution in [3.8, 4) is 11.1 Å². The summed E-state index contributed by atoms with van der Waals surface area (Å²) in [5.41, 5.74) is 5.24. The Kier molecular flexibility index (Phi) is 6.68. The van der Waals surface area contributed by atoms with E-state index in [0.717, 1.165) is 27.8 Å². The molecule has 2 N–H and O–H groups in total. The van der Waals surface area contributed by atoms with Crippen molar-refractivity contribution in [3.05, 3.63) is 93.5 Å². The molecular weight excluding hydrogens is 449 g/mol. The molecule has 0 bridgehead atoms. The Morgan fingerprint density at radius 1 is 0.938 bits per heavy atom. The third kappa shape index (κ3) is 4.74. The quantitative estimate of drug-likeness (QED) is 0.460. The van der Waals surface area contributed by atoms with E-state index in [-0.39, 0.29) is 25.5 Å². The van der Waals surface area contributed by atoms with Crippen LogP contribution in [0, 0.1) is 5.92 Å². The van der Waals surface area contributed by atoms with E-state index >= 15 is 0 Å². The molecule has 0 saturated heterocycles. The van der Waals surface area contributed by atoms with Crippen LogP contribution >= 0.6 is 23.2 Å². The summed E-state index contributed by atoms with van der Waals surface area (Å²) in [6.45, 7) is 0.108. The average Bonchev–Trinajstić information content (AvgIpc) is 3.11. The fourth-order valence-electron chi connectivity index (χ4n) is 4.05. The van der Waals surface area contributed by atoms with Gasteiger partial charge in [0, 0.05) is 12.5 Å². The molecule has 1 amide bonds. The standard InChI is InChI=1S/C25H21Cl2NO4/c26-22-10-9-15(12-23(22)27)11-16(24(29)30)13-28-25(31)32-14-21-19-7-3-1-5-17(19)18-6-2-4-8-20(18)21/h1-10,12,16,21H,11,13-14H2,(H,28,31)(H,29,30)/t16-/m0/s1. The zero-order valence-electron chi connectivity index (χ0n) is 17.1. The largest absolute Gasteiger partial charge is 0.481 e. The second-order valence-electron chi connectivity index (χ2n) is 7.69. The number of carboxylic acid groups (broad SMARTS) is 1. The summed E-state index contributed by atoms with van der Waals surface area (Å²) in [5, 5.41) is 12.9. The van der Waals surface area contributed by atoms with E-state index in [1.54, 1.807) is 18.2 Å². The van der Waals surface area contributed by atoms with Crippen LogP contribution in [0.15, 0.2) is 66.7 Å². The zero-order chi connectivity index (χ0) is 22.7. The first kappa shape index (κ1) is 22.2. The number of carboxylic acids is 1. The molecule has 0 radical (unpaired) electrons. The SMILES string of the molecule is O=C(NC[C@H](Cc1ccc(Cl)c(Cl)c1)C(=O)O)OCC1c2ccccc2-c2ccccc21. The monoisotopic (exact) mass is 469 g/mol. The summed E-state index contributed by atoms with van der Waals surface area (Å²) in [6, 6.07) is 21.1. The summed E-state index contributed by atoms with van der Waals surface area (Å²) in [6.07, 6.45) is -0.442. The summed E-state index contributed by atoms with van der Waals surface area (Å²) in [7, 11) is 0. The summed E-state index contributed by atoms with van der Waals surface area (Å²) in [5.74, 6) is -1.90. The first-order valence-electron chi connectivity index (χ1n) is 10.2. The number of ether oxygens (including phenoxy) is 1. The Morgan fingerprint density at radius 2 is 1.56 bits per heavy atom. The van der Waals surface area contributed by atoms with E-state index in [1.807, 2.05) is 36.4 Å². The highest BCUT2D eigenvalue weighted by Crippen LogP contribution is 2.44. The Hall–Kier alpha value is -3.02. The van der Waals surface area contributed by atoms with Gasteiger partial charge in [-0.2, -0.15) is 0 Å². The van der Waals surface area contributed by atoms with Gasteiger partial charge in [0.1, 0.15) is 6.61 Å². The van der Waals surface area contributed by atoms with E-state index in [1.165, 1.54) is 0 Å². The van der Waals surface area contributed by atoms with E-state index in [4.69, 9.17) is 27.9 Å². The molecule has 0 unspecified atom stereocenters. The van der Waals surface area contributed by atoms with Crippen LogP contribution in [0.2, 0.25) is 10.0 Å². The maximum atomic E-state index is 12.3. The number of alkyl carbamates (subject to hydrolysis) is 1. The molecule has 1 aliphatic carbocycles. The Balaban J connectivity index is 1.36. The molecule has 0 fully saturated rings. The van der Waals surface area contributed by atoms with E-state index < -0.39 is 18.0 Å². The van der Waals surface area contributed by atoms with Gasteiger partial charge < -0.3 is 15.2 Å². The minimum absolute atomic E-state index is 0.0559. The summed E-state index contributed by atoms with van der Waals surface area (Å²) >= 11 is 11.9. The van der Waals surface area contributed by atoms with Crippen LogP contribution in [-0.4, -0.2) is 30.3 Å². The van der Waals surface area contributed by atoms with Crippen molar-refractivity contribution >= 4 is 35.3 Å². The highest BCUT2D eigenvalue weighted by molar-refractivity contribution is 6.42. The molecule has 1 aliphatic rings. The molecule has 1 atom stereocenters. The first-order chi connectivity index (χ1) is 15.4. The van der Waals surface area contributed by atoms with Crippen molar-refractivity contribution in [3.63, 3.8) is 0 Å². The normalized spacial score (nSPS) is 13.2. The highest BCUT2D eigenvalue weighted by Gasteiger charge is 2.29. The van der Waals surface area contributed by atoms with Gasteiger partial charge in [-0.3, -0.25) is 4.79 Å². The molecule has 0 aliphatic heterocycles. The van der Waals surface area contributed by atoms with Gasteiger partial charge in [0.05, 0.1) is 16.0 Å². The number of carbonyl (C=O) groups is 2. The Labute approximate surface area is 195 Å². The number of amides is 1. The second kappa shape index (κ2) is 9.63. The highest BCUT2D eigenvalue weighted by atomic mass is 35.5. The second-order valence-corrected chi connectivity index (χ2v) is 8.51. The number of carbonyl (C=O) groups excluding carboxylic acids is 1. The maximum Gasteiger partial charge on any atom is 0.407 e. The Morgan fingerprint density at radius 3 is 2.16 bits per heavy atom. The molecule has 5 nitrogen and oxygen atoms in total. The van der Waals surface area contributed by atoms with Crippen LogP contribution in [0.3, 0.4) is 0 Å². The predicted octanol–water partition coefficient (Wildman–Crippen LogP) is 5.78. The molecule has 4 rings (SSSR count). The van der Waals surface area contributed by atoms with Crippen molar-refractivity contribution < 1.29 is 19.4 Å². The van der Waals surface area contributed by atoms with Gasteiger partial charge in [0.25, 0.3) is 0 Å². The number of hydrogen-bond donors (Lipinski definition) is 2. The lowest BCUT2D eigenvalue weighted by molar-refractivity contribution is -0.141. The van der Waals surface area contributed by atoms with Crippen LogP contribution in [0.5, 0.6) is 0 Å². The number of halogens is 2. The maximum absolute atomic E-state index is 12.3. The van der Waals surface area contributed by atoms with Crippen molar-refractivity contribution in [2.75, 3.05) is 13.2 Å². The van der Waals surface area contributed by atoms with Crippen LogP contribution in [0.25, 0.3) is 11.1 Å². The van der Waals surface area contributed by atoms with Gasteiger partial charge >= 0.3 is 12.1 Å². The summed E-state index contributed by atoms with van der Waals surface area (Å²) < 4.78 is 5.47. The lowest BCUT2D eigenvalue weighted by atomic mass is 9.98. The predicted molar refractivity (Wildman–Crippen MR) is 124 cm³/mol. The van der Waals surface area contributed by atoms with Gasteiger partial charge in [-0.25, -0.2) is 4.79 Å². The van der Waals surface area contributed by atoms with Crippen molar-refractivity contribution in [1.82, 2.24) is 5.32 Å². The number of nitrogens with one attached hydrogen (secondary N) is 1. The fraction of sp³-hybridized carbons (Fsp3) is 0.200. The minimum Gasteiger partial charge on any atom is -0.481 e. The van der Waals surface area contributed by atoms with Crippen LogP contribution in [-0.2, 0) is 16.0 Å². The van der Waals surface area contributed by atoms with E-state index in [2.05, 4.69) is 17.4 Å². The zero-order valence-corrected chi connectivity index (χ0v) is 18.6. The van der Waals surface area contributed by atoms with Gasteiger partial charge in [0.15, 0.2) is 0 Å². The first-order valence-corrected chi connectivity index (χ1v) is 10.9. The number of benzene rings is 3. The number of aliphatic carboxylic acids is 1. The molecule has 0 spiro atoms. The molecule has 7 heteroatoms. The van der Waals surface area contributed by atoms with E-state index in [0.29, 0.717) is 10.0 Å². The van der Waals surface area contributed by atoms with Gasteiger partial charge in [-0.1, -0.05) is 77.8 Å². The Bertz CT molecular complexity index is 1120. The van der Waals surface area contributed by atoms with Crippen molar-refractivity contribution in [2.45, 2.75) is 12.3 Å². The molecule has 3 aromatic rings. The van der Waals surface area contributed by atoms with Crippen LogP contribution < -0.4 is 5.32 Å². The summed E-state index contributed by atoms with van der Waals surface area (Å²) in [4.78, 5) is 24.0. The van der Waals surface area contributed by atoms with Crippen LogP contribution in [0.1, 0.15) is 22.6 Å². The van der Waals surface area contributed by atoms with Crippen LogP contribution in [0.4, 0.5) is 4.79 Å². The topological polar surface area (TPSA) is 75.6 Å². The molecule has 3 aromatic carbocycles. The minimum atomic E-state index is -1.02. The third-order valence-corrected chi connectivity index (χ3v) is 6.39. The van der Waals surface area contributed by atoms with Crippen molar-refractivity contribution in [2.24, 2.45) is 5.92 Å². The average molecular weight is 470 g/mol. The van der Waals surface area contributed by atoms with E-state index in [9.17, 15) is 14.7 Å². The molecule has 0 saturated carbocycles.